The van der Waals surface area contributed by atoms with Crippen LogP contribution in [0.1, 0.15) is 18.9 Å². The molecule has 11 heteroatoms. The van der Waals surface area contributed by atoms with Crippen molar-refractivity contribution in [2.75, 3.05) is 39.6 Å². The van der Waals surface area contributed by atoms with Crippen LogP contribution in [0.4, 0.5) is 11.4 Å². The molecule has 0 heterocycles. The number of aliphatic hydroxyl groups excluding tert-OH is 6. The van der Waals surface area contributed by atoms with Crippen molar-refractivity contribution >= 4 is 23.5 Å². The molecule has 0 aliphatic carbocycles. The summed E-state index contributed by atoms with van der Waals surface area (Å²) in [7, 11) is 0. The van der Waals surface area contributed by atoms with Crippen molar-refractivity contribution in [3.8, 4) is 0 Å². The van der Waals surface area contributed by atoms with Crippen LogP contribution < -0.4 is 5.73 Å². The number of para-hydroxylation sites is 1. The molecule has 8 N–H and O–H groups in total. The maximum Gasteiger partial charge on any atom is 0.240 e. The first-order valence-corrected chi connectivity index (χ1v) is 8.91. The van der Waals surface area contributed by atoms with Gasteiger partial charge >= 0.3 is 0 Å². The minimum atomic E-state index is -1.21. The maximum absolute atomic E-state index is 10.1. The molecule has 0 amide bonds. The van der Waals surface area contributed by atoms with Crippen LogP contribution in [0.15, 0.2) is 28.2 Å². The van der Waals surface area contributed by atoms with Crippen molar-refractivity contribution in [1.82, 2.24) is 0 Å². The molecule has 0 bridgehead atoms. The highest BCUT2D eigenvalue weighted by atomic mass is 16.3. The zero-order valence-corrected chi connectivity index (χ0v) is 17.2. The average Bonchev–Trinajstić information content (AvgIpc) is 2.79. The van der Waals surface area contributed by atoms with Crippen LogP contribution >= 0.6 is 0 Å². The first-order valence-electron chi connectivity index (χ1n) is 8.91. The lowest BCUT2D eigenvalue weighted by Gasteiger charge is -2.24. The Bertz CT molecular complexity index is 667. The fourth-order valence-electron chi connectivity index (χ4n) is 1.61. The van der Waals surface area contributed by atoms with Crippen molar-refractivity contribution in [1.29, 1.82) is 0 Å². The summed E-state index contributed by atoms with van der Waals surface area (Å²) in [4.78, 5) is 26.9. The van der Waals surface area contributed by atoms with E-state index in [1.54, 1.807) is 25.1 Å². The number of aliphatic imine (C=N–C) groups is 2. The van der Waals surface area contributed by atoms with Gasteiger partial charge in [-0.3, -0.25) is 0 Å². The minimum absolute atomic E-state index is 0.156. The standard InChI is InChI=1S/C9H6N2O2.C6H14O3.C4H11NO3/c1-7-3-2-4-8(10-5-12)9(7)11-6-13;1-2-6(3-7,4-8)5-9;5-4(1-6,2-7)3-8/h2-4H,1H3;7-9H,2-5H2,1H3;6-8H,1-3,5H2. The van der Waals surface area contributed by atoms with Crippen LogP contribution in [-0.2, 0) is 9.59 Å². The fourth-order valence-corrected chi connectivity index (χ4v) is 1.61. The number of hydrogen-bond donors (Lipinski definition) is 7. The Morgan fingerprint density at radius 2 is 1.33 bits per heavy atom. The summed E-state index contributed by atoms with van der Waals surface area (Å²) >= 11 is 0. The molecular formula is C19H31N3O8. The second-order valence-corrected chi connectivity index (χ2v) is 6.51. The number of nitrogens with zero attached hydrogens (tertiary/aromatic N) is 2. The molecule has 0 saturated carbocycles. The van der Waals surface area contributed by atoms with Gasteiger partial charge in [-0.1, -0.05) is 19.1 Å². The summed E-state index contributed by atoms with van der Waals surface area (Å²) < 4.78 is 0. The molecule has 0 atom stereocenters. The molecule has 11 nitrogen and oxygen atoms in total. The van der Waals surface area contributed by atoms with E-state index < -0.39 is 30.8 Å². The summed E-state index contributed by atoms with van der Waals surface area (Å²) in [6, 6.07) is 5.06. The molecule has 0 aromatic heterocycles. The van der Waals surface area contributed by atoms with E-state index >= 15 is 0 Å². The lowest BCUT2D eigenvalue weighted by molar-refractivity contribution is 0.00304. The topological polar surface area (TPSA) is 206 Å². The van der Waals surface area contributed by atoms with E-state index in [2.05, 4.69) is 9.98 Å². The number of carbonyl (C=O) groups excluding carboxylic acids is 2. The molecule has 0 radical (unpaired) electrons. The zero-order valence-electron chi connectivity index (χ0n) is 17.2. The van der Waals surface area contributed by atoms with Gasteiger partial charge in [-0.15, -0.1) is 0 Å². The molecule has 1 aromatic carbocycles. The predicted molar refractivity (Wildman–Crippen MR) is 109 cm³/mol. The van der Waals surface area contributed by atoms with E-state index in [0.717, 1.165) is 5.56 Å². The average molecular weight is 429 g/mol. The number of benzene rings is 1. The molecule has 1 rings (SSSR count). The second kappa shape index (κ2) is 16.5. The number of isocyanates is 2. The van der Waals surface area contributed by atoms with E-state index in [9.17, 15) is 9.59 Å². The van der Waals surface area contributed by atoms with Crippen molar-refractivity contribution < 1.29 is 40.2 Å². The first kappa shape index (κ1) is 29.9. The number of nitrogens with two attached hydrogens (primary N) is 1. The molecule has 30 heavy (non-hydrogen) atoms. The Morgan fingerprint density at radius 1 is 0.867 bits per heavy atom. The van der Waals surface area contributed by atoms with Crippen molar-refractivity contribution in [3.63, 3.8) is 0 Å². The van der Waals surface area contributed by atoms with E-state index in [-0.39, 0.29) is 19.8 Å². The van der Waals surface area contributed by atoms with Crippen LogP contribution in [0, 0.1) is 12.3 Å². The number of rotatable bonds is 9. The number of aliphatic hydroxyl groups is 6. The summed E-state index contributed by atoms with van der Waals surface area (Å²) in [6.45, 7) is 1.91. The highest BCUT2D eigenvalue weighted by molar-refractivity contribution is 5.71. The zero-order chi connectivity index (χ0) is 23.6. The van der Waals surface area contributed by atoms with Gasteiger partial charge in [-0.2, -0.15) is 9.98 Å². The third-order valence-electron chi connectivity index (χ3n) is 4.24. The predicted octanol–water partition coefficient (Wildman–Crippen LogP) is -1.05. The van der Waals surface area contributed by atoms with E-state index in [1.165, 1.54) is 12.2 Å². The summed E-state index contributed by atoms with van der Waals surface area (Å²) in [5.74, 6) is 0. The monoisotopic (exact) mass is 429 g/mol. The lowest BCUT2D eigenvalue weighted by atomic mass is 9.88. The molecule has 1 aromatic rings. The largest absolute Gasteiger partial charge is 0.396 e. The maximum atomic E-state index is 10.1. The summed E-state index contributed by atoms with van der Waals surface area (Å²) in [5, 5.41) is 51.0. The van der Waals surface area contributed by atoms with Gasteiger partial charge in [-0.05, 0) is 25.0 Å². The van der Waals surface area contributed by atoms with Crippen LogP contribution in [0.25, 0.3) is 0 Å². The van der Waals surface area contributed by atoms with Gasteiger partial charge in [0, 0.05) is 5.41 Å². The van der Waals surface area contributed by atoms with Gasteiger partial charge in [0.1, 0.15) is 11.4 Å². The van der Waals surface area contributed by atoms with Crippen LogP contribution in [0.3, 0.4) is 0 Å². The Labute approximate surface area is 174 Å². The normalized spacial score (nSPS) is 10.4. The summed E-state index contributed by atoms with van der Waals surface area (Å²) in [5.41, 5.74) is 4.73. The molecule has 0 unspecified atom stereocenters. The van der Waals surface area contributed by atoms with E-state index in [1.807, 2.05) is 6.92 Å². The van der Waals surface area contributed by atoms with Gasteiger partial charge in [0.25, 0.3) is 0 Å². The summed E-state index contributed by atoms with van der Waals surface area (Å²) in [6.07, 6.45) is 3.40. The van der Waals surface area contributed by atoms with E-state index in [4.69, 9.17) is 36.4 Å². The molecular weight excluding hydrogens is 398 g/mol. The quantitative estimate of drug-likeness (QED) is 0.188. The van der Waals surface area contributed by atoms with Gasteiger partial charge in [0.15, 0.2) is 0 Å². The van der Waals surface area contributed by atoms with Gasteiger partial charge in [0.05, 0.1) is 45.2 Å². The molecule has 0 saturated heterocycles. The third kappa shape index (κ3) is 10.5. The Balaban J connectivity index is 0. The highest BCUT2D eigenvalue weighted by Gasteiger charge is 2.24. The van der Waals surface area contributed by atoms with Crippen LogP contribution in [-0.4, -0.2) is 88.0 Å². The number of aryl methyl sites for hydroxylation is 1. The van der Waals surface area contributed by atoms with Crippen molar-refractivity contribution in [2.24, 2.45) is 21.1 Å². The smallest absolute Gasteiger partial charge is 0.240 e. The number of hydrogen-bond acceptors (Lipinski definition) is 11. The van der Waals surface area contributed by atoms with E-state index in [0.29, 0.717) is 17.8 Å². The molecule has 170 valence electrons. The third-order valence-corrected chi connectivity index (χ3v) is 4.24. The molecule has 0 spiro atoms. The lowest BCUT2D eigenvalue weighted by Crippen LogP contribution is -2.50. The Hall–Kier alpha value is -2.30. The SMILES string of the molecule is CCC(CO)(CO)CO.Cc1cccc(N=C=O)c1N=C=O.NC(CO)(CO)CO. The second-order valence-electron chi connectivity index (χ2n) is 6.51. The first-order chi connectivity index (χ1) is 14.2. The van der Waals surface area contributed by atoms with Crippen molar-refractivity contribution in [2.45, 2.75) is 25.8 Å². The van der Waals surface area contributed by atoms with Crippen molar-refractivity contribution in [3.05, 3.63) is 23.8 Å². The molecule has 0 fully saturated rings. The molecule has 0 aliphatic heterocycles. The highest BCUT2D eigenvalue weighted by Crippen LogP contribution is 2.30. The van der Waals surface area contributed by atoms with Gasteiger partial charge in [-0.25, -0.2) is 9.59 Å². The van der Waals surface area contributed by atoms with Crippen LogP contribution in [0.5, 0.6) is 0 Å². The Kier molecular flexibility index (Phi) is 16.4. The fraction of sp³-hybridized carbons (Fsp3) is 0.579. The van der Waals surface area contributed by atoms with Gasteiger partial charge < -0.3 is 36.4 Å². The van der Waals surface area contributed by atoms with Gasteiger partial charge in [0.2, 0.25) is 12.2 Å². The van der Waals surface area contributed by atoms with Crippen LogP contribution in [0.2, 0.25) is 0 Å². The Morgan fingerprint density at radius 3 is 1.60 bits per heavy atom. The minimum Gasteiger partial charge on any atom is -0.396 e. The molecule has 0 aliphatic rings.